The number of nitrogens with zero attached hydrogens (tertiary/aromatic N) is 2. The fourth-order valence-electron chi connectivity index (χ4n) is 1.78. The lowest BCUT2D eigenvalue weighted by atomic mass is 10.0. The van der Waals surface area contributed by atoms with E-state index in [2.05, 4.69) is 9.39 Å². The zero-order chi connectivity index (χ0) is 16.3. The summed E-state index contributed by atoms with van der Waals surface area (Å²) in [5.74, 6) is -0.0449. The maximum absolute atomic E-state index is 12.1. The standard InChI is InChI=1S/C15H13ClN2O3S/c1-10-9-13(19)5-8-15(10)17-11(2)18-22(20,21)14-6-3-12(16)4-7-14/h3-9H,1-2H3/b17-15?,18-11-. The molecule has 1 aromatic carbocycles. The van der Waals surface area contributed by atoms with E-state index in [-0.39, 0.29) is 16.5 Å². The lowest BCUT2D eigenvalue weighted by molar-refractivity contribution is -0.110. The monoisotopic (exact) mass is 336 g/mol. The van der Waals surface area contributed by atoms with Gasteiger partial charge in [-0.25, -0.2) is 4.99 Å². The van der Waals surface area contributed by atoms with Gasteiger partial charge in [0.2, 0.25) is 0 Å². The fourth-order valence-corrected chi connectivity index (χ4v) is 2.88. The largest absolute Gasteiger partial charge is 0.290 e. The van der Waals surface area contributed by atoms with Crippen molar-refractivity contribution in [1.29, 1.82) is 0 Å². The van der Waals surface area contributed by atoms with E-state index in [9.17, 15) is 13.2 Å². The van der Waals surface area contributed by atoms with E-state index in [1.165, 1.54) is 49.4 Å². The van der Waals surface area contributed by atoms with Crippen LogP contribution in [0, 0.1) is 0 Å². The number of halogens is 1. The van der Waals surface area contributed by atoms with Crippen LogP contribution in [0.25, 0.3) is 0 Å². The third-order valence-electron chi connectivity index (χ3n) is 2.81. The molecular weight excluding hydrogens is 324 g/mol. The highest BCUT2D eigenvalue weighted by atomic mass is 35.5. The predicted molar refractivity (Wildman–Crippen MR) is 87.1 cm³/mol. The van der Waals surface area contributed by atoms with Crippen LogP contribution in [0.3, 0.4) is 0 Å². The molecule has 1 aliphatic rings. The summed E-state index contributed by atoms with van der Waals surface area (Å²) in [6.07, 6.45) is 4.33. The summed E-state index contributed by atoms with van der Waals surface area (Å²) in [6, 6.07) is 5.72. The molecule has 7 heteroatoms. The minimum absolute atomic E-state index is 0.0399. The molecule has 1 aromatic rings. The highest BCUT2D eigenvalue weighted by molar-refractivity contribution is 7.90. The topological polar surface area (TPSA) is 75.9 Å². The van der Waals surface area contributed by atoms with Gasteiger partial charge in [0.1, 0.15) is 5.84 Å². The second kappa shape index (κ2) is 6.37. The number of allylic oxidation sites excluding steroid dienone is 4. The molecule has 0 aromatic heterocycles. The lowest BCUT2D eigenvalue weighted by Crippen LogP contribution is -2.08. The number of rotatable bonds is 2. The normalized spacial score (nSPS) is 17.8. The summed E-state index contributed by atoms with van der Waals surface area (Å²) in [5, 5.41) is 0.442. The molecule has 0 heterocycles. The van der Waals surface area contributed by atoms with Crippen LogP contribution in [0.5, 0.6) is 0 Å². The molecule has 1 aliphatic carbocycles. The van der Waals surface area contributed by atoms with Gasteiger partial charge in [-0.3, -0.25) is 4.79 Å². The second-order valence-electron chi connectivity index (χ2n) is 4.63. The van der Waals surface area contributed by atoms with Crippen LogP contribution in [0.1, 0.15) is 13.8 Å². The van der Waals surface area contributed by atoms with Gasteiger partial charge in [-0.1, -0.05) is 11.6 Å². The van der Waals surface area contributed by atoms with E-state index >= 15 is 0 Å². The average molecular weight is 337 g/mol. The minimum Gasteiger partial charge on any atom is -0.290 e. The summed E-state index contributed by atoms with van der Waals surface area (Å²) >= 11 is 5.73. The molecule has 0 saturated carbocycles. The van der Waals surface area contributed by atoms with Gasteiger partial charge in [0.25, 0.3) is 10.0 Å². The maximum Gasteiger partial charge on any atom is 0.283 e. The molecule has 0 aliphatic heterocycles. The Morgan fingerprint density at radius 2 is 1.77 bits per heavy atom. The number of sulfonamides is 1. The Morgan fingerprint density at radius 3 is 2.36 bits per heavy atom. The van der Waals surface area contributed by atoms with E-state index in [0.717, 1.165) is 0 Å². The highest BCUT2D eigenvalue weighted by Gasteiger charge is 2.13. The van der Waals surface area contributed by atoms with Crippen LogP contribution in [0.4, 0.5) is 0 Å². The van der Waals surface area contributed by atoms with Crippen LogP contribution < -0.4 is 0 Å². The van der Waals surface area contributed by atoms with Gasteiger partial charge in [-0.15, -0.1) is 4.40 Å². The number of hydrogen-bond acceptors (Lipinski definition) is 3. The number of carbonyl (C=O) groups excluding carboxylic acids is 1. The van der Waals surface area contributed by atoms with Crippen molar-refractivity contribution in [1.82, 2.24) is 0 Å². The first-order valence-electron chi connectivity index (χ1n) is 6.34. The Hall–Kier alpha value is -2.05. The maximum atomic E-state index is 12.1. The number of ketones is 1. The zero-order valence-corrected chi connectivity index (χ0v) is 13.5. The van der Waals surface area contributed by atoms with Gasteiger partial charge in [-0.2, -0.15) is 8.42 Å². The van der Waals surface area contributed by atoms with E-state index in [1.54, 1.807) is 6.92 Å². The predicted octanol–water partition coefficient (Wildman–Crippen LogP) is 2.97. The van der Waals surface area contributed by atoms with E-state index < -0.39 is 10.0 Å². The molecule has 5 nitrogen and oxygen atoms in total. The van der Waals surface area contributed by atoms with Gasteiger partial charge in [-0.05, 0) is 61.9 Å². The summed E-state index contributed by atoms with van der Waals surface area (Å²) in [5.41, 5.74) is 1.16. The molecule has 0 unspecified atom stereocenters. The molecule has 0 fully saturated rings. The third-order valence-corrected chi connectivity index (χ3v) is 4.44. The van der Waals surface area contributed by atoms with E-state index in [4.69, 9.17) is 11.6 Å². The second-order valence-corrected chi connectivity index (χ2v) is 6.67. The highest BCUT2D eigenvalue weighted by Crippen LogP contribution is 2.16. The minimum atomic E-state index is -3.84. The summed E-state index contributed by atoms with van der Waals surface area (Å²) < 4.78 is 28.0. The SMILES string of the molecule is CC1=CC(=O)C=CC1=N/C(C)=N\S(=O)(=O)c1ccc(Cl)cc1. The molecular formula is C15H13ClN2O3S. The van der Waals surface area contributed by atoms with Gasteiger partial charge < -0.3 is 0 Å². The van der Waals surface area contributed by atoms with E-state index in [0.29, 0.717) is 16.3 Å². The Labute approximate surface area is 133 Å². The van der Waals surface area contributed by atoms with Crippen molar-refractivity contribution in [3.05, 3.63) is 53.1 Å². The fraction of sp³-hybridized carbons (Fsp3) is 0.133. The molecule has 0 amide bonds. The zero-order valence-electron chi connectivity index (χ0n) is 11.9. The van der Waals surface area contributed by atoms with Gasteiger partial charge in [0.05, 0.1) is 10.6 Å². The Morgan fingerprint density at radius 1 is 1.14 bits per heavy atom. The van der Waals surface area contributed by atoms with Gasteiger partial charge in [0, 0.05) is 5.02 Å². The molecule has 0 atom stereocenters. The summed E-state index contributed by atoms with van der Waals surface area (Å²) in [7, 11) is -3.84. The number of hydrogen-bond donors (Lipinski definition) is 0. The quantitative estimate of drug-likeness (QED) is 0.473. The smallest absolute Gasteiger partial charge is 0.283 e. The average Bonchev–Trinajstić information content (AvgIpc) is 2.42. The van der Waals surface area contributed by atoms with Crippen molar-refractivity contribution in [2.45, 2.75) is 18.7 Å². The molecule has 22 heavy (non-hydrogen) atoms. The van der Waals surface area contributed by atoms with Crippen molar-refractivity contribution < 1.29 is 13.2 Å². The number of amidine groups is 1. The van der Waals surface area contributed by atoms with E-state index in [1.807, 2.05) is 0 Å². The van der Waals surface area contributed by atoms with Crippen LogP contribution >= 0.6 is 11.6 Å². The van der Waals surface area contributed by atoms with Crippen molar-refractivity contribution in [2.75, 3.05) is 0 Å². The molecule has 0 saturated heterocycles. The van der Waals surface area contributed by atoms with Crippen molar-refractivity contribution in [2.24, 2.45) is 9.39 Å². The molecule has 0 radical (unpaired) electrons. The number of aliphatic imine (C=N–C) groups is 1. The van der Waals surface area contributed by atoms with Crippen LogP contribution in [-0.2, 0) is 14.8 Å². The van der Waals surface area contributed by atoms with Crippen LogP contribution in [0.2, 0.25) is 5.02 Å². The van der Waals surface area contributed by atoms with Gasteiger partial charge in [0.15, 0.2) is 5.78 Å². The Bertz CT molecular complexity index is 832. The summed E-state index contributed by atoms with van der Waals surface area (Å²) in [6.45, 7) is 3.21. The Balaban J connectivity index is 2.32. The third kappa shape index (κ3) is 3.99. The van der Waals surface area contributed by atoms with Gasteiger partial charge >= 0.3 is 0 Å². The van der Waals surface area contributed by atoms with Crippen molar-refractivity contribution >= 4 is 39.0 Å². The molecule has 2 rings (SSSR count). The lowest BCUT2D eigenvalue weighted by Gasteiger charge is -2.05. The first kappa shape index (κ1) is 16.3. The molecule has 0 spiro atoms. The molecule has 114 valence electrons. The molecule has 0 bridgehead atoms. The number of carbonyl (C=O) groups is 1. The summed E-state index contributed by atoms with van der Waals surface area (Å²) in [4.78, 5) is 15.4. The number of benzene rings is 1. The van der Waals surface area contributed by atoms with Crippen molar-refractivity contribution in [3.63, 3.8) is 0 Å². The van der Waals surface area contributed by atoms with Crippen molar-refractivity contribution in [3.8, 4) is 0 Å². The first-order valence-corrected chi connectivity index (χ1v) is 8.16. The first-order chi connectivity index (χ1) is 10.3. The van der Waals surface area contributed by atoms with Crippen LogP contribution in [0.15, 0.2) is 62.4 Å². The van der Waals surface area contributed by atoms with Crippen LogP contribution in [-0.4, -0.2) is 25.7 Å². The molecule has 0 N–H and O–H groups in total. The Kier molecular flexibility index (Phi) is 4.73.